The van der Waals surface area contributed by atoms with E-state index in [-0.39, 0.29) is 28.5 Å². The van der Waals surface area contributed by atoms with Crippen molar-refractivity contribution >= 4 is 5.91 Å². The number of amides is 1. The van der Waals surface area contributed by atoms with Crippen molar-refractivity contribution in [2.75, 3.05) is 13.1 Å². The lowest BCUT2D eigenvalue weighted by Gasteiger charge is -2.11. The highest BCUT2D eigenvalue weighted by molar-refractivity contribution is 6.03. The van der Waals surface area contributed by atoms with Crippen LogP contribution in [0, 0.1) is 5.82 Å². The van der Waals surface area contributed by atoms with E-state index in [2.05, 4.69) is 15.8 Å². The number of carbonyl (C=O) groups is 1. The molecule has 4 N–H and O–H groups in total. The third-order valence-corrected chi connectivity index (χ3v) is 5.58. The summed E-state index contributed by atoms with van der Waals surface area (Å²) in [6, 6.07) is 15.9. The number of nitrogens with one attached hydrogen (secondary N) is 2. The van der Waals surface area contributed by atoms with Crippen LogP contribution >= 0.6 is 0 Å². The molecule has 1 amide bonds. The van der Waals surface area contributed by atoms with Gasteiger partial charge in [-0.25, -0.2) is 4.39 Å². The lowest BCUT2D eigenvalue weighted by atomic mass is 9.95. The molecule has 8 heteroatoms. The molecule has 0 aliphatic rings. The normalized spacial score (nSPS) is 10.9. The highest BCUT2D eigenvalue weighted by atomic mass is 19.1. The summed E-state index contributed by atoms with van der Waals surface area (Å²) < 4.78 is 19.0. The second kappa shape index (κ2) is 10.4. The number of rotatable bonds is 8. The van der Waals surface area contributed by atoms with E-state index >= 15 is 0 Å². The average Bonchev–Trinajstić information content (AvgIpc) is 3.29. The van der Waals surface area contributed by atoms with E-state index in [1.807, 2.05) is 31.2 Å². The molecule has 3 aromatic carbocycles. The number of phenolic OH excluding ortho intramolecular Hbond substituents is 2. The molecular formula is C27H26FN3O4. The molecule has 0 spiro atoms. The number of hydrogen-bond donors (Lipinski definition) is 4. The van der Waals surface area contributed by atoms with Gasteiger partial charge in [-0.15, -0.1) is 0 Å². The molecule has 0 unspecified atom stereocenters. The van der Waals surface area contributed by atoms with Gasteiger partial charge in [-0.1, -0.05) is 48.5 Å². The fourth-order valence-electron chi connectivity index (χ4n) is 3.82. The Labute approximate surface area is 202 Å². The van der Waals surface area contributed by atoms with Crippen molar-refractivity contribution in [1.82, 2.24) is 15.8 Å². The van der Waals surface area contributed by atoms with Gasteiger partial charge in [0.1, 0.15) is 17.3 Å². The number of halogens is 1. The van der Waals surface area contributed by atoms with E-state index in [0.29, 0.717) is 35.3 Å². The molecule has 4 rings (SSSR count). The standard InChI is InChI=1S/C27H26FN3O4/c1-3-29-15-16-5-7-18(8-6-16)24-25(27(34)30-4-2)31-35-26(24)21-13-20(22(32)14-23(21)33)17-9-11-19(28)12-10-17/h5-14,29,32-33H,3-4,15H2,1-2H3,(H,30,34). The van der Waals surface area contributed by atoms with Crippen LogP contribution in [0.3, 0.4) is 0 Å². The molecule has 7 nitrogen and oxygen atoms in total. The third kappa shape index (κ3) is 5.02. The summed E-state index contributed by atoms with van der Waals surface area (Å²) in [5.41, 5.74) is 3.38. The molecule has 4 aromatic rings. The lowest BCUT2D eigenvalue weighted by Crippen LogP contribution is -2.23. The molecule has 0 aliphatic heterocycles. The van der Waals surface area contributed by atoms with Gasteiger partial charge in [-0.3, -0.25) is 4.79 Å². The van der Waals surface area contributed by atoms with E-state index in [9.17, 15) is 19.4 Å². The number of nitrogens with zero attached hydrogens (tertiary/aromatic N) is 1. The van der Waals surface area contributed by atoms with Gasteiger partial charge < -0.3 is 25.4 Å². The predicted octanol–water partition coefficient (Wildman–Crippen LogP) is 5.09. The van der Waals surface area contributed by atoms with Crippen molar-refractivity contribution in [3.63, 3.8) is 0 Å². The number of phenols is 2. The van der Waals surface area contributed by atoms with Crippen molar-refractivity contribution in [3.8, 4) is 45.1 Å². The lowest BCUT2D eigenvalue weighted by molar-refractivity contribution is 0.0947. The highest BCUT2D eigenvalue weighted by Crippen LogP contribution is 2.44. The van der Waals surface area contributed by atoms with E-state index in [1.54, 1.807) is 6.92 Å². The summed E-state index contributed by atoms with van der Waals surface area (Å²) in [6.45, 7) is 5.78. The summed E-state index contributed by atoms with van der Waals surface area (Å²) in [4.78, 5) is 12.8. The Morgan fingerprint density at radius 2 is 1.57 bits per heavy atom. The number of hydrogen-bond acceptors (Lipinski definition) is 6. The van der Waals surface area contributed by atoms with Crippen molar-refractivity contribution in [2.45, 2.75) is 20.4 Å². The smallest absolute Gasteiger partial charge is 0.274 e. The molecular weight excluding hydrogens is 449 g/mol. The Kier molecular flexibility index (Phi) is 7.12. The van der Waals surface area contributed by atoms with Crippen LogP contribution in [0.5, 0.6) is 11.5 Å². The zero-order valence-electron chi connectivity index (χ0n) is 19.4. The molecule has 35 heavy (non-hydrogen) atoms. The van der Waals surface area contributed by atoms with Crippen LogP contribution in [0.2, 0.25) is 0 Å². The first-order valence-electron chi connectivity index (χ1n) is 11.3. The Balaban J connectivity index is 1.87. The van der Waals surface area contributed by atoms with Crippen LogP contribution in [0.15, 0.2) is 65.2 Å². The molecule has 1 aromatic heterocycles. The second-order valence-corrected chi connectivity index (χ2v) is 7.97. The van der Waals surface area contributed by atoms with Crippen LogP contribution < -0.4 is 10.6 Å². The summed E-state index contributed by atoms with van der Waals surface area (Å²) in [5.74, 6) is -1.08. The maximum Gasteiger partial charge on any atom is 0.274 e. The van der Waals surface area contributed by atoms with Crippen LogP contribution in [0.4, 0.5) is 4.39 Å². The fourth-order valence-corrected chi connectivity index (χ4v) is 3.82. The molecule has 180 valence electrons. The molecule has 0 radical (unpaired) electrons. The Morgan fingerprint density at radius 3 is 2.23 bits per heavy atom. The minimum atomic E-state index is -0.411. The predicted molar refractivity (Wildman–Crippen MR) is 131 cm³/mol. The molecule has 0 bridgehead atoms. The van der Waals surface area contributed by atoms with E-state index in [4.69, 9.17) is 4.52 Å². The quantitative estimate of drug-likeness (QED) is 0.283. The molecule has 0 saturated carbocycles. The average molecular weight is 476 g/mol. The fraction of sp³-hybridized carbons (Fsp3) is 0.185. The Bertz CT molecular complexity index is 1330. The van der Waals surface area contributed by atoms with Gasteiger partial charge in [0.2, 0.25) is 0 Å². The minimum absolute atomic E-state index is 0.0806. The van der Waals surface area contributed by atoms with Gasteiger partial charge in [0.15, 0.2) is 11.5 Å². The largest absolute Gasteiger partial charge is 0.507 e. The third-order valence-electron chi connectivity index (χ3n) is 5.58. The highest BCUT2D eigenvalue weighted by Gasteiger charge is 2.26. The van der Waals surface area contributed by atoms with Crippen molar-refractivity contribution in [2.24, 2.45) is 0 Å². The van der Waals surface area contributed by atoms with Gasteiger partial charge in [-0.2, -0.15) is 0 Å². The monoisotopic (exact) mass is 475 g/mol. The van der Waals surface area contributed by atoms with Crippen LogP contribution in [0.1, 0.15) is 29.9 Å². The number of aromatic hydroxyl groups is 2. The summed E-state index contributed by atoms with van der Waals surface area (Å²) in [5, 5.41) is 31.2. The molecule has 1 heterocycles. The zero-order chi connectivity index (χ0) is 24.9. The first-order valence-corrected chi connectivity index (χ1v) is 11.3. The zero-order valence-corrected chi connectivity index (χ0v) is 19.4. The Hall–Kier alpha value is -4.17. The molecule has 0 fully saturated rings. The maximum absolute atomic E-state index is 13.4. The van der Waals surface area contributed by atoms with Crippen LogP contribution in [-0.4, -0.2) is 34.4 Å². The van der Waals surface area contributed by atoms with E-state index < -0.39 is 11.7 Å². The first-order chi connectivity index (χ1) is 16.9. The molecule has 0 saturated heterocycles. The van der Waals surface area contributed by atoms with Gasteiger partial charge in [0.25, 0.3) is 5.91 Å². The SMILES string of the molecule is CCNCc1ccc(-c2c(C(=O)NCC)noc2-c2cc(-c3ccc(F)cc3)c(O)cc2O)cc1. The minimum Gasteiger partial charge on any atom is -0.507 e. The number of benzene rings is 3. The van der Waals surface area contributed by atoms with E-state index in [0.717, 1.165) is 12.1 Å². The van der Waals surface area contributed by atoms with Gasteiger partial charge in [0.05, 0.1) is 11.1 Å². The summed E-state index contributed by atoms with van der Waals surface area (Å²) in [7, 11) is 0. The maximum atomic E-state index is 13.4. The van der Waals surface area contributed by atoms with Crippen LogP contribution in [0.25, 0.3) is 33.6 Å². The van der Waals surface area contributed by atoms with Crippen molar-refractivity contribution in [1.29, 1.82) is 0 Å². The summed E-state index contributed by atoms with van der Waals surface area (Å²) in [6.07, 6.45) is 0. The molecule has 0 aliphatic carbocycles. The van der Waals surface area contributed by atoms with E-state index in [1.165, 1.54) is 36.4 Å². The van der Waals surface area contributed by atoms with Crippen molar-refractivity contribution < 1.29 is 23.9 Å². The van der Waals surface area contributed by atoms with Gasteiger partial charge in [0, 0.05) is 24.7 Å². The Morgan fingerprint density at radius 1 is 0.914 bits per heavy atom. The topological polar surface area (TPSA) is 108 Å². The first kappa shape index (κ1) is 24.0. The van der Waals surface area contributed by atoms with Gasteiger partial charge >= 0.3 is 0 Å². The van der Waals surface area contributed by atoms with Crippen molar-refractivity contribution in [3.05, 3.63) is 77.7 Å². The number of carbonyl (C=O) groups excluding carboxylic acids is 1. The second-order valence-electron chi connectivity index (χ2n) is 7.97. The summed E-state index contributed by atoms with van der Waals surface area (Å²) >= 11 is 0. The van der Waals surface area contributed by atoms with Gasteiger partial charge in [-0.05, 0) is 48.4 Å². The van der Waals surface area contributed by atoms with Crippen LogP contribution in [-0.2, 0) is 6.54 Å². The molecule has 0 atom stereocenters. The number of aromatic nitrogens is 1.